The zero-order valence-corrected chi connectivity index (χ0v) is 18.6. The van der Waals surface area contributed by atoms with Crippen molar-refractivity contribution in [3.8, 4) is 11.5 Å². The number of hydrogen-bond acceptors (Lipinski definition) is 5. The van der Waals surface area contributed by atoms with E-state index in [0.717, 1.165) is 33.7 Å². The molecule has 0 bridgehead atoms. The van der Waals surface area contributed by atoms with Crippen molar-refractivity contribution in [1.82, 2.24) is 4.90 Å². The number of ether oxygens (including phenoxy) is 2. The second-order valence-corrected chi connectivity index (χ2v) is 8.14. The highest BCUT2D eigenvalue weighted by Gasteiger charge is 2.35. The number of thioether (sulfide) groups is 1. The number of fused-ring (bicyclic) bond motifs is 1. The van der Waals surface area contributed by atoms with E-state index in [0.29, 0.717) is 29.6 Å². The van der Waals surface area contributed by atoms with Crippen LogP contribution in [0.15, 0.2) is 78.2 Å². The molecule has 1 aliphatic heterocycles. The number of benzene rings is 3. The molecule has 1 aliphatic rings. The van der Waals surface area contributed by atoms with Gasteiger partial charge in [0, 0.05) is 0 Å². The number of carbonyl (C=O) groups is 2. The van der Waals surface area contributed by atoms with Gasteiger partial charge in [-0.05, 0) is 58.8 Å². The second-order valence-electron chi connectivity index (χ2n) is 7.14. The summed E-state index contributed by atoms with van der Waals surface area (Å²) in [5.41, 5.74) is 1.70. The molecule has 0 spiro atoms. The molecule has 32 heavy (non-hydrogen) atoms. The molecular weight excluding hydrogens is 422 g/mol. The largest absolute Gasteiger partial charge is 0.490 e. The molecule has 5 nitrogen and oxygen atoms in total. The maximum Gasteiger partial charge on any atom is 0.293 e. The predicted molar refractivity (Wildman–Crippen MR) is 129 cm³/mol. The summed E-state index contributed by atoms with van der Waals surface area (Å²) < 4.78 is 11.3. The number of carbonyl (C=O) groups excluding carboxylic acids is 2. The van der Waals surface area contributed by atoms with Crippen LogP contribution in [0.4, 0.5) is 4.79 Å². The normalized spacial score (nSPS) is 14.9. The number of amides is 2. The molecular formula is C26H23NO4S. The van der Waals surface area contributed by atoms with Crippen molar-refractivity contribution in [1.29, 1.82) is 0 Å². The summed E-state index contributed by atoms with van der Waals surface area (Å²) in [6.07, 6.45) is 3.38. The Hall–Kier alpha value is -3.51. The van der Waals surface area contributed by atoms with Crippen molar-refractivity contribution in [3.63, 3.8) is 0 Å². The highest BCUT2D eigenvalue weighted by atomic mass is 32.2. The molecule has 6 heteroatoms. The van der Waals surface area contributed by atoms with Crippen molar-refractivity contribution in [3.05, 3.63) is 89.4 Å². The molecule has 0 N–H and O–H groups in total. The number of imide groups is 1. The van der Waals surface area contributed by atoms with E-state index in [9.17, 15) is 9.59 Å². The maximum absolute atomic E-state index is 13.0. The van der Waals surface area contributed by atoms with Crippen LogP contribution in [-0.4, -0.2) is 29.3 Å². The molecule has 1 heterocycles. The summed E-state index contributed by atoms with van der Waals surface area (Å²) in [6, 6.07) is 19.3. The summed E-state index contributed by atoms with van der Waals surface area (Å²) in [6.45, 7) is 6.63. The molecule has 0 unspecified atom stereocenters. The van der Waals surface area contributed by atoms with E-state index in [2.05, 4.69) is 6.58 Å². The van der Waals surface area contributed by atoms with Crippen LogP contribution in [0.25, 0.3) is 16.8 Å². The minimum atomic E-state index is -0.294. The molecule has 0 atom stereocenters. The van der Waals surface area contributed by atoms with Gasteiger partial charge in [0.25, 0.3) is 11.1 Å². The Kier molecular flexibility index (Phi) is 6.61. The Labute approximate surface area is 191 Å². The van der Waals surface area contributed by atoms with Crippen LogP contribution in [0, 0.1) is 0 Å². The Morgan fingerprint density at radius 3 is 2.62 bits per heavy atom. The first-order valence-electron chi connectivity index (χ1n) is 10.3. The SMILES string of the molecule is C=CCOc1ccc(/C=C2/SC(=O)N(Cc3cccc4ccccc34)C2=O)cc1OCC. The fourth-order valence-corrected chi connectivity index (χ4v) is 4.38. The first-order chi connectivity index (χ1) is 15.6. The smallest absolute Gasteiger partial charge is 0.293 e. The fraction of sp³-hybridized carbons (Fsp3) is 0.154. The summed E-state index contributed by atoms with van der Waals surface area (Å²) in [5.74, 6) is 0.893. The van der Waals surface area contributed by atoms with Crippen LogP contribution in [0.1, 0.15) is 18.1 Å². The van der Waals surface area contributed by atoms with E-state index in [1.807, 2.05) is 55.5 Å². The first kappa shape index (κ1) is 21.7. The van der Waals surface area contributed by atoms with Crippen LogP contribution in [0.2, 0.25) is 0 Å². The lowest BCUT2D eigenvalue weighted by Crippen LogP contribution is -2.27. The maximum atomic E-state index is 13.0. The zero-order chi connectivity index (χ0) is 22.5. The van der Waals surface area contributed by atoms with Gasteiger partial charge in [-0.15, -0.1) is 0 Å². The molecule has 4 rings (SSSR count). The van der Waals surface area contributed by atoms with Crippen LogP contribution >= 0.6 is 11.8 Å². The lowest BCUT2D eigenvalue weighted by Gasteiger charge is -2.14. The summed E-state index contributed by atoms with van der Waals surface area (Å²) >= 11 is 0.952. The lowest BCUT2D eigenvalue weighted by molar-refractivity contribution is -0.123. The molecule has 1 fully saturated rings. The van der Waals surface area contributed by atoms with Gasteiger partial charge in [-0.3, -0.25) is 14.5 Å². The Balaban J connectivity index is 1.58. The van der Waals surface area contributed by atoms with Gasteiger partial charge in [0.2, 0.25) is 0 Å². The van der Waals surface area contributed by atoms with Crippen molar-refractivity contribution in [2.45, 2.75) is 13.5 Å². The van der Waals surface area contributed by atoms with Crippen LogP contribution < -0.4 is 9.47 Å². The Morgan fingerprint density at radius 1 is 1.00 bits per heavy atom. The average molecular weight is 446 g/mol. The highest BCUT2D eigenvalue weighted by molar-refractivity contribution is 8.18. The average Bonchev–Trinajstić information content (AvgIpc) is 3.06. The minimum absolute atomic E-state index is 0.238. The highest BCUT2D eigenvalue weighted by Crippen LogP contribution is 2.36. The van der Waals surface area contributed by atoms with Crippen LogP contribution in [-0.2, 0) is 11.3 Å². The van der Waals surface area contributed by atoms with E-state index in [1.165, 1.54) is 4.90 Å². The van der Waals surface area contributed by atoms with Gasteiger partial charge < -0.3 is 9.47 Å². The van der Waals surface area contributed by atoms with E-state index in [1.54, 1.807) is 24.3 Å². The Bertz CT molecular complexity index is 1210. The van der Waals surface area contributed by atoms with Gasteiger partial charge in [-0.25, -0.2) is 0 Å². The van der Waals surface area contributed by atoms with Crippen molar-refractivity contribution in [2.24, 2.45) is 0 Å². The quantitative estimate of drug-likeness (QED) is 0.313. The van der Waals surface area contributed by atoms with E-state index in [4.69, 9.17) is 9.47 Å². The number of hydrogen-bond donors (Lipinski definition) is 0. The predicted octanol–water partition coefficient (Wildman–Crippen LogP) is 6.04. The third kappa shape index (κ3) is 4.55. The van der Waals surface area contributed by atoms with Gasteiger partial charge in [-0.1, -0.05) is 61.2 Å². The molecule has 2 amide bonds. The fourth-order valence-electron chi connectivity index (χ4n) is 3.54. The van der Waals surface area contributed by atoms with Crippen molar-refractivity contribution < 1.29 is 19.1 Å². The summed E-state index contributed by atoms with van der Waals surface area (Å²) in [5, 5.41) is 1.84. The molecule has 3 aromatic rings. The minimum Gasteiger partial charge on any atom is -0.490 e. The monoisotopic (exact) mass is 445 g/mol. The van der Waals surface area contributed by atoms with Crippen molar-refractivity contribution in [2.75, 3.05) is 13.2 Å². The molecule has 0 aliphatic carbocycles. The van der Waals surface area contributed by atoms with Gasteiger partial charge in [0.1, 0.15) is 6.61 Å². The van der Waals surface area contributed by atoms with Gasteiger partial charge in [-0.2, -0.15) is 0 Å². The van der Waals surface area contributed by atoms with E-state index < -0.39 is 0 Å². The zero-order valence-electron chi connectivity index (χ0n) is 17.7. The second kappa shape index (κ2) is 9.75. The van der Waals surface area contributed by atoms with E-state index >= 15 is 0 Å². The van der Waals surface area contributed by atoms with Gasteiger partial charge >= 0.3 is 0 Å². The Morgan fingerprint density at radius 2 is 1.81 bits per heavy atom. The first-order valence-corrected chi connectivity index (χ1v) is 11.1. The van der Waals surface area contributed by atoms with Crippen LogP contribution in [0.5, 0.6) is 11.5 Å². The van der Waals surface area contributed by atoms with Crippen LogP contribution in [0.3, 0.4) is 0 Å². The number of nitrogens with zero attached hydrogens (tertiary/aromatic N) is 1. The van der Waals surface area contributed by atoms with Crippen molar-refractivity contribution >= 4 is 39.8 Å². The third-order valence-corrected chi connectivity index (χ3v) is 5.91. The van der Waals surface area contributed by atoms with E-state index in [-0.39, 0.29) is 17.7 Å². The summed E-state index contributed by atoms with van der Waals surface area (Å²) in [7, 11) is 0. The standard InChI is InChI=1S/C26H23NO4S/c1-3-14-31-22-13-12-18(15-23(22)30-4-2)16-24-25(28)27(26(29)32-24)17-20-10-7-9-19-8-5-6-11-21(19)20/h3,5-13,15-16H,1,4,14,17H2,2H3/b24-16+. The van der Waals surface area contributed by atoms with Gasteiger partial charge in [0.15, 0.2) is 11.5 Å². The summed E-state index contributed by atoms with van der Waals surface area (Å²) in [4.78, 5) is 27.4. The number of rotatable bonds is 8. The molecule has 1 saturated heterocycles. The molecule has 0 saturated carbocycles. The topological polar surface area (TPSA) is 55.8 Å². The molecule has 0 aromatic heterocycles. The molecule has 162 valence electrons. The lowest BCUT2D eigenvalue weighted by atomic mass is 10.0. The third-order valence-electron chi connectivity index (χ3n) is 5.00. The molecule has 0 radical (unpaired) electrons. The van der Waals surface area contributed by atoms with Gasteiger partial charge in [0.05, 0.1) is 18.1 Å². The molecule has 3 aromatic carbocycles.